The molecule has 5 aliphatic rings. The van der Waals surface area contributed by atoms with Crippen LogP contribution < -0.4 is 25.5 Å². The van der Waals surface area contributed by atoms with E-state index in [1.165, 1.54) is 12.1 Å². The average molecular weight is 734 g/mol. The minimum Gasteiger partial charge on any atom is -0.508 e. The highest BCUT2D eigenvalue weighted by molar-refractivity contribution is 5.92. The van der Waals surface area contributed by atoms with Crippen LogP contribution in [0.15, 0.2) is 24.3 Å². The predicted octanol–water partition coefficient (Wildman–Crippen LogP) is 4.75. The van der Waals surface area contributed by atoms with E-state index in [-0.39, 0.29) is 53.7 Å². The molecule has 2 aromatic carbocycles. The number of likely N-dealkylation sites (tertiary alicyclic amines) is 1. The maximum Gasteiger partial charge on any atom is 0.319 e. The summed E-state index contributed by atoms with van der Waals surface area (Å²) in [5.41, 5.74) is -0.364. The van der Waals surface area contributed by atoms with Gasteiger partial charge in [0.05, 0.1) is 43.8 Å². The lowest BCUT2D eigenvalue weighted by molar-refractivity contribution is -0.0968. The highest BCUT2D eigenvalue weighted by atomic mass is 19.1. The molecule has 3 saturated heterocycles. The van der Waals surface area contributed by atoms with Gasteiger partial charge in [0.15, 0.2) is 5.83 Å². The fraction of sp³-hybridized carbons (Fsp3) is 0.610. The van der Waals surface area contributed by atoms with Crippen LogP contribution in [-0.2, 0) is 15.9 Å². The minimum atomic E-state index is -1.16. The second-order valence-corrected chi connectivity index (χ2v) is 16.5. The third-order valence-corrected chi connectivity index (χ3v) is 12.4. The van der Waals surface area contributed by atoms with Gasteiger partial charge < -0.3 is 34.6 Å². The van der Waals surface area contributed by atoms with Gasteiger partial charge in [0, 0.05) is 30.2 Å². The number of nitrogens with one attached hydrogen (secondary N) is 1. The summed E-state index contributed by atoms with van der Waals surface area (Å²) >= 11 is 0. The van der Waals surface area contributed by atoms with Gasteiger partial charge in [-0.1, -0.05) is 19.4 Å². The quantitative estimate of drug-likeness (QED) is 0.315. The molecule has 5 heterocycles. The smallest absolute Gasteiger partial charge is 0.319 e. The van der Waals surface area contributed by atoms with Crippen molar-refractivity contribution in [1.82, 2.24) is 20.2 Å². The SMILES string of the molecule is CCc1c(F)ccc2cc(O)cc(C3NC=c4c(N5CCOC[C@@](C)(O)C5)nc(OC[C@]56CCCC5N(C5C[C@@H](C)O[C@@H](C)C5)CCC6)nc4=C3F)c12. The maximum absolute atomic E-state index is 17.2. The van der Waals surface area contributed by atoms with Crippen LogP contribution in [0.25, 0.3) is 22.8 Å². The number of hydrogen-bond acceptors (Lipinski definition) is 10. The van der Waals surface area contributed by atoms with Crippen LogP contribution >= 0.6 is 0 Å². The van der Waals surface area contributed by atoms with E-state index >= 15 is 8.78 Å². The van der Waals surface area contributed by atoms with Crippen LogP contribution in [0, 0.1) is 11.2 Å². The fourth-order valence-corrected chi connectivity index (χ4v) is 10.2. The number of rotatable bonds is 7. The lowest BCUT2D eigenvalue weighted by atomic mass is 9.74. The molecule has 1 saturated carbocycles. The van der Waals surface area contributed by atoms with E-state index in [4.69, 9.17) is 24.2 Å². The summed E-state index contributed by atoms with van der Waals surface area (Å²) in [5.74, 6) is -0.572. The van der Waals surface area contributed by atoms with Crippen molar-refractivity contribution in [3.05, 3.63) is 51.8 Å². The number of aromatic hydroxyl groups is 1. The zero-order valence-electron chi connectivity index (χ0n) is 31.3. The van der Waals surface area contributed by atoms with Crippen LogP contribution in [0.1, 0.15) is 89.8 Å². The van der Waals surface area contributed by atoms with Crippen LogP contribution in [0.4, 0.5) is 14.6 Å². The van der Waals surface area contributed by atoms with Gasteiger partial charge in [-0.15, -0.1) is 0 Å². The Bertz CT molecular complexity index is 1990. The maximum atomic E-state index is 17.2. The van der Waals surface area contributed by atoms with Gasteiger partial charge in [-0.05, 0) is 112 Å². The van der Waals surface area contributed by atoms with Crippen LogP contribution in [0.5, 0.6) is 11.8 Å². The third kappa shape index (κ3) is 6.85. The summed E-state index contributed by atoms with van der Waals surface area (Å²) in [6.07, 6.45) is 10.0. The van der Waals surface area contributed by atoms with Crippen molar-refractivity contribution < 1.29 is 33.2 Å². The Labute approximate surface area is 309 Å². The van der Waals surface area contributed by atoms with E-state index in [0.29, 0.717) is 71.2 Å². The lowest BCUT2D eigenvalue weighted by Gasteiger charge is -2.51. The van der Waals surface area contributed by atoms with Crippen LogP contribution in [-0.4, -0.2) is 94.4 Å². The summed E-state index contributed by atoms with van der Waals surface area (Å²) in [6.45, 7) is 10.6. The van der Waals surface area contributed by atoms with Gasteiger partial charge in [-0.25, -0.2) is 8.78 Å². The third-order valence-electron chi connectivity index (χ3n) is 12.4. The molecule has 10 nitrogen and oxygen atoms in total. The van der Waals surface area contributed by atoms with Crippen molar-refractivity contribution in [3.63, 3.8) is 0 Å². The molecule has 0 radical (unpaired) electrons. The minimum absolute atomic E-state index is 0.0441. The molecule has 7 atom stereocenters. The molecule has 53 heavy (non-hydrogen) atoms. The zero-order chi connectivity index (χ0) is 37.1. The van der Waals surface area contributed by atoms with E-state index in [1.807, 2.05) is 11.8 Å². The fourth-order valence-electron chi connectivity index (χ4n) is 10.2. The highest BCUT2D eigenvalue weighted by Crippen LogP contribution is 2.49. The highest BCUT2D eigenvalue weighted by Gasteiger charge is 2.50. The molecule has 4 aliphatic heterocycles. The number of benzene rings is 2. The standard InChI is InChI=1S/C41H53F2N5O5/c1-5-29-32(42)10-9-26-18-28(49)19-30(34(26)29)36-35(43)37-31(20-44-36)38(47-14-15-51-22-40(4,50)21-47)46-39(45-37)52-23-41-11-6-8-33(41)48(13-7-12-41)27-16-24(2)53-25(3)17-27/h9-10,18-20,24-25,27,33,36,44,49-50H,5-8,11-17,21-23H2,1-4H3/t24-,25+,27?,33?,36?,40-,41+/m0/s1. The topological polar surface area (TPSA) is 112 Å². The van der Waals surface area contributed by atoms with Crippen molar-refractivity contribution in [2.75, 3.05) is 44.4 Å². The van der Waals surface area contributed by atoms with E-state index < -0.39 is 17.5 Å². The molecular formula is C41H53F2N5O5. The van der Waals surface area contributed by atoms with Crippen LogP contribution in [0.3, 0.4) is 0 Å². The Hall–Kier alpha value is -3.58. The Morgan fingerprint density at radius 2 is 1.87 bits per heavy atom. The first-order chi connectivity index (χ1) is 25.4. The average Bonchev–Trinajstić information content (AvgIpc) is 3.47. The number of anilines is 1. The zero-order valence-corrected chi connectivity index (χ0v) is 31.3. The van der Waals surface area contributed by atoms with Gasteiger partial charge in [-0.3, -0.25) is 4.90 Å². The second-order valence-electron chi connectivity index (χ2n) is 16.5. The van der Waals surface area contributed by atoms with Crippen molar-refractivity contribution >= 4 is 28.6 Å². The van der Waals surface area contributed by atoms with Gasteiger partial charge in [0.25, 0.3) is 0 Å². The molecule has 3 unspecified atom stereocenters. The van der Waals surface area contributed by atoms with Crippen molar-refractivity contribution in [2.45, 2.75) is 115 Å². The Kier molecular flexibility index (Phi) is 9.78. The summed E-state index contributed by atoms with van der Waals surface area (Å²) in [7, 11) is 0. The van der Waals surface area contributed by atoms with Gasteiger partial charge >= 0.3 is 6.01 Å². The number of aryl methyl sites for hydroxylation is 1. The van der Waals surface area contributed by atoms with E-state index in [9.17, 15) is 10.2 Å². The Morgan fingerprint density at radius 1 is 1.08 bits per heavy atom. The van der Waals surface area contributed by atoms with Gasteiger partial charge in [0.2, 0.25) is 0 Å². The summed E-state index contributed by atoms with van der Waals surface area (Å²) in [5, 5.41) is 26.7. The Morgan fingerprint density at radius 3 is 2.66 bits per heavy atom. The number of piperidine rings is 1. The number of ether oxygens (including phenoxy) is 3. The van der Waals surface area contributed by atoms with E-state index in [2.05, 4.69) is 24.1 Å². The normalized spacial score (nSPS) is 32.1. The van der Waals surface area contributed by atoms with E-state index in [0.717, 1.165) is 51.5 Å². The molecule has 1 aromatic heterocycles. The molecule has 0 amide bonds. The number of phenolic OH excluding ortho intramolecular Hbond substituents is 1. The first-order valence-corrected chi connectivity index (χ1v) is 19.5. The van der Waals surface area contributed by atoms with Gasteiger partial charge in [0.1, 0.15) is 34.4 Å². The molecule has 0 bridgehead atoms. The predicted molar refractivity (Wildman–Crippen MR) is 199 cm³/mol. The van der Waals surface area contributed by atoms with Gasteiger partial charge in [-0.2, -0.15) is 9.97 Å². The molecule has 3 N–H and O–H groups in total. The molecule has 286 valence electrons. The first kappa shape index (κ1) is 36.4. The molecule has 12 heteroatoms. The summed E-state index contributed by atoms with van der Waals surface area (Å²) in [6, 6.07) is 5.94. The summed E-state index contributed by atoms with van der Waals surface area (Å²) in [4.78, 5) is 14.3. The Balaban J connectivity index is 1.19. The number of β-amino-alcohol motifs (C(OH)–C–C–N with tert-alkyl or cyclic N) is 1. The molecule has 8 rings (SSSR count). The molecule has 3 aromatic rings. The first-order valence-electron chi connectivity index (χ1n) is 19.5. The lowest BCUT2D eigenvalue weighted by Crippen LogP contribution is -2.57. The number of fused-ring (bicyclic) bond motifs is 3. The number of hydrogen-bond donors (Lipinski definition) is 3. The number of aliphatic hydroxyl groups is 1. The molecule has 1 aliphatic carbocycles. The molecule has 4 fully saturated rings. The molecular weight excluding hydrogens is 680 g/mol. The number of halogens is 2. The van der Waals surface area contributed by atoms with Crippen LogP contribution in [0.2, 0.25) is 0 Å². The molecule has 0 spiro atoms. The van der Waals surface area contributed by atoms with Crippen molar-refractivity contribution in [2.24, 2.45) is 5.41 Å². The summed E-state index contributed by atoms with van der Waals surface area (Å²) < 4.78 is 50.8. The van der Waals surface area contributed by atoms with Crippen molar-refractivity contribution in [3.8, 4) is 11.8 Å². The largest absolute Gasteiger partial charge is 0.508 e. The number of nitrogens with zero attached hydrogens (tertiary/aromatic N) is 4. The number of phenols is 1. The monoisotopic (exact) mass is 733 g/mol. The van der Waals surface area contributed by atoms with E-state index in [1.54, 1.807) is 25.3 Å². The second kappa shape index (κ2) is 14.2. The number of aromatic nitrogens is 2. The van der Waals surface area contributed by atoms with Crippen molar-refractivity contribution in [1.29, 1.82) is 0 Å².